The lowest BCUT2D eigenvalue weighted by Gasteiger charge is -2.21. The monoisotopic (exact) mass is 950 g/mol. The zero-order chi connectivity index (χ0) is 48.7. The Hall–Kier alpha value is -3.68. The molecule has 15 heteroatoms. The zero-order valence-corrected chi connectivity index (χ0v) is 41.4. The number of ether oxygens (including phenoxy) is 3. The van der Waals surface area contributed by atoms with Crippen LogP contribution in [0.3, 0.4) is 0 Å². The Morgan fingerprint density at radius 3 is 1.53 bits per heavy atom. The summed E-state index contributed by atoms with van der Waals surface area (Å²) in [6.45, 7) is 3.56. The van der Waals surface area contributed by atoms with Crippen molar-refractivity contribution in [2.45, 2.75) is 213 Å². The molecule has 0 spiro atoms. The highest BCUT2D eigenvalue weighted by Gasteiger charge is 2.31. The van der Waals surface area contributed by atoms with E-state index < -0.39 is 80.6 Å². The molecule has 0 aliphatic heterocycles. The Morgan fingerprint density at radius 2 is 1.06 bits per heavy atom. The van der Waals surface area contributed by atoms with Gasteiger partial charge in [0.15, 0.2) is 11.9 Å². The van der Waals surface area contributed by atoms with Gasteiger partial charge in [-0.1, -0.05) is 153 Å². The van der Waals surface area contributed by atoms with Gasteiger partial charge >= 0.3 is 31.7 Å². The molecular formula is C51H84NO13P. The number of unbranched alkanes of at least 4 members (excludes halogenated alkanes) is 22. The number of aromatic carboxylic acids is 1. The first-order valence-electron chi connectivity index (χ1n) is 24.9. The lowest BCUT2D eigenvalue weighted by molar-refractivity contribution is -0.161. The number of carbonyl (C=O) groups is 5. The number of nitrogens with two attached hydrogens (primary N) is 1. The molecule has 66 heavy (non-hydrogen) atoms. The first-order chi connectivity index (χ1) is 31.8. The highest BCUT2D eigenvalue weighted by molar-refractivity contribution is 7.47. The van der Waals surface area contributed by atoms with Gasteiger partial charge in [0.1, 0.15) is 17.9 Å². The first kappa shape index (κ1) is 60.3. The van der Waals surface area contributed by atoms with Gasteiger partial charge in [-0.05, 0) is 70.3 Å². The summed E-state index contributed by atoms with van der Waals surface area (Å²) in [5, 5.41) is 9.71. The largest absolute Gasteiger partial charge is 0.478 e. The van der Waals surface area contributed by atoms with Crippen molar-refractivity contribution in [3.8, 4) is 5.75 Å². The summed E-state index contributed by atoms with van der Waals surface area (Å²) in [5.74, 6) is -4.81. The molecule has 0 fully saturated rings. The van der Waals surface area contributed by atoms with E-state index in [0.717, 1.165) is 90.0 Å². The van der Waals surface area contributed by atoms with Crippen LogP contribution >= 0.6 is 7.82 Å². The summed E-state index contributed by atoms with van der Waals surface area (Å²) < 4.78 is 38.8. The first-order valence-corrected chi connectivity index (χ1v) is 26.4. The molecule has 0 radical (unpaired) electrons. The molecule has 0 aromatic heterocycles. The molecule has 0 amide bonds. The molecule has 4 N–H and O–H groups in total. The van der Waals surface area contributed by atoms with Gasteiger partial charge in [-0.3, -0.25) is 28.2 Å². The molecule has 0 heterocycles. The van der Waals surface area contributed by atoms with Crippen molar-refractivity contribution in [1.82, 2.24) is 0 Å². The summed E-state index contributed by atoms with van der Waals surface area (Å²) in [7, 11) is -4.94. The molecule has 0 saturated heterocycles. The second-order valence-electron chi connectivity index (χ2n) is 17.1. The minimum Gasteiger partial charge on any atom is -0.478 e. The lowest BCUT2D eigenvalue weighted by Crippen LogP contribution is -2.36. The fourth-order valence-corrected chi connectivity index (χ4v) is 7.94. The van der Waals surface area contributed by atoms with Crippen molar-refractivity contribution in [3.63, 3.8) is 0 Å². The van der Waals surface area contributed by atoms with E-state index in [2.05, 4.69) is 38.2 Å². The molecule has 1 rings (SSSR count). The molecular weight excluding hydrogens is 866 g/mol. The highest BCUT2D eigenvalue weighted by Crippen LogP contribution is 2.43. The van der Waals surface area contributed by atoms with Gasteiger partial charge in [0, 0.05) is 25.3 Å². The average molecular weight is 950 g/mol. The highest BCUT2D eigenvalue weighted by atomic mass is 31.2. The summed E-state index contributed by atoms with van der Waals surface area (Å²) in [6.07, 6.45) is 37.1. The van der Waals surface area contributed by atoms with Crippen LogP contribution in [0.5, 0.6) is 5.75 Å². The van der Waals surface area contributed by atoms with Crippen LogP contribution in [0.4, 0.5) is 0 Å². The number of hydrogen-bond donors (Lipinski definition) is 3. The summed E-state index contributed by atoms with van der Waals surface area (Å²) in [5.41, 5.74) is 4.90. The van der Waals surface area contributed by atoms with Gasteiger partial charge in [-0.25, -0.2) is 9.36 Å². The van der Waals surface area contributed by atoms with Gasteiger partial charge in [0.2, 0.25) is 0 Å². The number of Topliss-reactive ketones (excluding diaryl/α,β-unsaturated/α-hetero) is 1. The fraction of sp³-hybridized carbons (Fsp3) is 0.706. The number of carboxylic acids is 1. The summed E-state index contributed by atoms with van der Waals surface area (Å²) in [6, 6.07) is 2.01. The Morgan fingerprint density at radius 1 is 0.621 bits per heavy atom. The smallest absolute Gasteiger partial charge is 0.472 e. The molecule has 0 aliphatic carbocycles. The van der Waals surface area contributed by atoms with Gasteiger partial charge in [-0.2, -0.15) is 0 Å². The number of carbonyl (C=O) groups excluding carboxylic acids is 4. The average Bonchev–Trinajstić information content (AvgIpc) is 3.28. The number of benzene rings is 1. The maximum atomic E-state index is 13.1. The third kappa shape index (κ3) is 32.1. The van der Waals surface area contributed by atoms with E-state index in [4.69, 9.17) is 29.0 Å². The van der Waals surface area contributed by atoms with Crippen LogP contribution in [-0.2, 0) is 37.5 Å². The van der Waals surface area contributed by atoms with E-state index in [1.165, 1.54) is 89.2 Å². The van der Waals surface area contributed by atoms with Crippen molar-refractivity contribution in [2.24, 2.45) is 5.73 Å². The maximum absolute atomic E-state index is 13.1. The van der Waals surface area contributed by atoms with Crippen molar-refractivity contribution < 1.29 is 61.8 Å². The standard InChI is InChI=1S/C51H84NO13P/c1-4-6-8-10-12-14-16-18-20-22-24-26-28-30-32-37-47(54)61-39-43(65-48(55)38-33-31-29-27-25-23-21-19-17-15-13-11-9-7-5-2)40-62-66(59,60)63-41-45(52)50(56)44-35-34-36-46(64-42(3)53)49(44)51(57)58/h18-21,34-36,43,45H,4-17,22-33,37-41,52H2,1-3H3,(H,57,58)(H,59,60)/b20-18-,21-19-/t43-,45?/m1/s1. The SMILES string of the molecule is CCCCCCCC/C=C\CCCCCCCC(=O)OC[C@H](COP(=O)(O)OCC(N)C(=O)c1cccc(OC(C)=O)c1C(=O)O)OC(=O)CCCCCCC/C=C\CCCCCCCC. The quantitative estimate of drug-likeness (QED) is 0.0139. The molecule has 3 atom stereocenters. The third-order valence-corrected chi connectivity index (χ3v) is 11.9. The maximum Gasteiger partial charge on any atom is 0.472 e. The summed E-state index contributed by atoms with van der Waals surface area (Å²) >= 11 is 0. The van der Waals surface area contributed by atoms with Crippen LogP contribution < -0.4 is 10.5 Å². The number of phosphoric acid groups is 1. The molecule has 0 aliphatic rings. The Balaban J connectivity index is 2.62. The fourth-order valence-electron chi connectivity index (χ4n) is 7.16. The van der Waals surface area contributed by atoms with Gasteiger partial charge in [0.25, 0.3) is 0 Å². The minimum atomic E-state index is -4.94. The number of allylic oxidation sites excluding steroid dienone is 4. The lowest BCUT2D eigenvalue weighted by atomic mass is 9.98. The number of rotatable bonds is 43. The Kier molecular flexibility index (Phi) is 36.0. The van der Waals surface area contributed by atoms with Gasteiger partial charge in [-0.15, -0.1) is 0 Å². The molecule has 0 bridgehead atoms. The van der Waals surface area contributed by atoms with Crippen LogP contribution in [0.2, 0.25) is 0 Å². The molecule has 1 aromatic carbocycles. The predicted octanol–water partition coefficient (Wildman–Crippen LogP) is 12.5. The van der Waals surface area contributed by atoms with E-state index in [-0.39, 0.29) is 18.6 Å². The predicted molar refractivity (Wildman–Crippen MR) is 258 cm³/mol. The van der Waals surface area contributed by atoms with Crippen LogP contribution in [0, 0.1) is 0 Å². The summed E-state index contributed by atoms with van der Waals surface area (Å²) in [4.78, 5) is 72.5. The Labute approximate surface area is 395 Å². The molecule has 2 unspecified atom stereocenters. The van der Waals surface area contributed by atoms with Gasteiger partial charge < -0.3 is 29.9 Å². The molecule has 0 saturated carbocycles. The van der Waals surface area contributed by atoms with E-state index in [9.17, 15) is 38.5 Å². The number of ketones is 1. The second kappa shape index (κ2) is 39.3. The van der Waals surface area contributed by atoms with E-state index in [0.29, 0.717) is 12.8 Å². The zero-order valence-electron chi connectivity index (χ0n) is 40.5. The molecule has 376 valence electrons. The van der Waals surface area contributed by atoms with Crippen molar-refractivity contribution >= 4 is 37.5 Å². The van der Waals surface area contributed by atoms with E-state index >= 15 is 0 Å². The van der Waals surface area contributed by atoms with Crippen LogP contribution in [0.1, 0.15) is 221 Å². The van der Waals surface area contributed by atoms with Crippen LogP contribution in [-0.4, -0.2) is 71.6 Å². The van der Waals surface area contributed by atoms with Crippen molar-refractivity contribution in [1.29, 1.82) is 0 Å². The van der Waals surface area contributed by atoms with E-state index in [1.807, 2.05) is 0 Å². The minimum absolute atomic E-state index is 0.0960. The normalized spacial score (nSPS) is 13.4. The molecule has 14 nitrogen and oxygen atoms in total. The second-order valence-corrected chi connectivity index (χ2v) is 18.5. The number of hydrogen-bond acceptors (Lipinski definition) is 12. The van der Waals surface area contributed by atoms with Gasteiger partial charge in [0.05, 0.1) is 19.3 Å². The molecule has 1 aromatic rings. The topological polar surface area (TPSA) is 215 Å². The van der Waals surface area contributed by atoms with Crippen molar-refractivity contribution in [2.75, 3.05) is 19.8 Å². The number of phosphoric ester groups is 1. The van der Waals surface area contributed by atoms with E-state index in [1.54, 1.807) is 0 Å². The van der Waals surface area contributed by atoms with Crippen LogP contribution in [0.25, 0.3) is 0 Å². The Bertz CT molecular complexity index is 1610. The van der Waals surface area contributed by atoms with Crippen molar-refractivity contribution in [3.05, 3.63) is 53.6 Å². The van der Waals surface area contributed by atoms with Crippen LogP contribution in [0.15, 0.2) is 42.5 Å². The number of esters is 3. The number of carboxylic acid groups (broad SMARTS) is 1. The third-order valence-electron chi connectivity index (χ3n) is 11.0.